The molecule has 6 heteroatoms. The summed E-state index contributed by atoms with van der Waals surface area (Å²) in [6.45, 7) is 7.13. The van der Waals surface area contributed by atoms with E-state index >= 15 is 0 Å². The molecule has 1 saturated carbocycles. The highest BCUT2D eigenvalue weighted by atomic mass is 35.5. The lowest BCUT2D eigenvalue weighted by molar-refractivity contribution is -0.121. The average molecular weight is 314 g/mol. The van der Waals surface area contributed by atoms with Crippen molar-refractivity contribution in [3.63, 3.8) is 0 Å². The number of ether oxygens (including phenoxy) is 1. The topological polar surface area (TPSA) is 56.1 Å². The summed E-state index contributed by atoms with van der Waals surface area (Å²) >= 11 is 6.13. The maximum Gasteiger partial charge on any atom is 0.287 e. The third kappa shape index (κ3) is 2.69. The zero-order valence-electron chi connectivity index (χ0n) is 13.1. The van der Waals surface area contributed by atoms with Crippen LogP contribution in [0.1, 0.15) is 40.0 Å². The van der Waals surface area contributed by atoms with Crippen LogP contribution in [0.4, 0.5) is 5.69 Å². The van der Waals surface area contributed by atoms with Gasteiger partial charge >= 0.3 is 0 Å². The van der Waals surface area contributed by atoms with E-state index in [0.29, 0.717) is 5.69 Å². The Kier molecular flexibility index (Phi) is 4.94. The SMILES string of the molecule is CCO[C@@H]1C[C@H](Nc2cnn(C)c(=O)c2Cl)C1(CC)CC. The Morgan fingerprint density at radius 2 is 2.14 bits per heavy atom. The molecular formula is C15H24ClN3O2. The lowest BCUT2D eigenvalue weighted by Gasteiger charge is -2.55. The summed E-state index contributed by atoms with van der Waals surface area (Å²) in [4.78, 5) is 11.8. The number of aromatic nitrogens is 2. The average Bonchev–Trinajstić information content (AvgIpc) is 2.47. The van der Waals surface area contributed by atoms with Gasteiger partial charge in [0.15, 0.2) is 0 Å². The van der Waals surface area contributed by atoms with Gasteiger partial charge in [0.2, 0.25) is 0 Å². The molecule has 1 aromatic heterocycles. The second-order valence-electron chi connectivity index (χ2n) is 5.62. The predicted molar refractivity (Wildman–Crippen MR) is 84.9 cm³/mol. The van der Waals surface area contributed by atoms with Crippen LogP contribution in [-0.2, 0) is 11.8 Å². The number of anilines is 1. The summed E-state index contributed by atoms with van der Waals surface area (Å²) in [6.07, 6.45) is 4.88. The van der Waals surface area contributed by atoms with Crippen LogP contribution in [0.3, 0.4) is 0 Å². The van der Waals surface area contributed by atoms with E-state index in [9.17, 15) is 4.79 Å². The standard InChI is InChI=1S/C15H24ClN3O2/c1-5-15(6-2)11(8-12(15)21-7-3)18-10-9-17-19(4)14(20)13(10)16/h9,11-12,18H,5-8H2,1-4H3/t11-,12+/m0/s1. The zero-order chi connectivity index (χ0) is 15.6. The molecule has 21 heavy (non-hydrogen) atoms. The normalized spacial score (nSPS) is 23.7. The first-order valence-corrected chi connectivity index (χ1v) is 7.97. The minimum absolute atomic E-state index is 0.0976. The van der Waals surface area contributed by atoms with Crippen LogP contribution in [0, 0.1) is 5.41 Å². The molecule has 0 spiro atoms. The molecule has 5 nitrogen and oxygen atoms in total. The van der Waals surface area contributed by atoms with E-state index in [-0.39, 0.29) is 28.1 Å². The molecule has 2 rings (SSSR count). The van der Waals surface area contributed by atoms with Crippen molar-refractivity contribution in [1.82, 2.24) is 9.78 Å². The van der Waals surface area contributed by atoms with E-state index in [2.05, 4.69) is 24.3 Å². The van der Waals surface area contributed by atoms with Crippen molar-refractivity contribution >= 4 is 17.3 Å². The molecule has 1 aliphatic rings. The molecule has 0 unspecified atom stereocenters. The Morgan fingerprint density at radius 1 is 1.48 bits per heavy atom. The van der Waals surface area contributed by atoms with Gasteiger partial charge in [-0.15, -0.1) is 0 Å². The summed E-state index contributed by atoms with van der Waals surface area (Å²) in [5, 5.41) is 7.64. The van der Waals surface area contributed by atoms with Crippen LogP contribution in [0.5, 0.6) is 0 Å². The smallest absolute Gasteiger partial charge is 0.287 e. The van der Waals surface area contributed by atoms with Gasteiger partial charge in [0.1, 0.15) is 5.02 Å². The molecule has 0 amide bonds. The molecule has 2 atom stereocenters. The number of hydrogen-bond acceptors (Lipinski definition) is 4. The van der Waals surface area contributed by atoms with E-state index in [0.717, 1.165) is 25.9 Å². The number of nitrogens with one attached hydrogen (secondary N) is 1. The summed E-state index contributed by atoms with van der Waals surface area (Å²) in [5.41, 5.74) is 0.437. The fourth-order valence-corrected chi connectivity index (χ4v) is 3.61. The third-order valence-corrected chi connectivity index (χ3v) is 5.24. The molecular weight excluding hydrogens is 290 g/mol. The molecule has 0 aliphatic heterocycles. The van der Waals surface area contributed by atoms with Gasteiger partial charge in [-0.2, -0.15) is 5.10 Å². The fourth-order valence-electron chi connectivity index (χ4n) is 3.38. The Bertz CT molecular complexity index is 554. The highest BCUT2D eigenvalue weighted by molar-refractivity contribution is 6.32. The lowest BCUT2D eigenvalue weighted by atomic mass is 9.58. The van der Waals surface area contributed by atoms with Gasteiger partial charge in [0.05, 0.1) is 18.0 Å². The van der Waals surface area contributed by atoms with Crippen LogP contribution in [0.15, 0.2) is 11.0 Å². The number of aryl methyl sites for hydroxylation is 1. The molecule has 118 valence electrons. The molecule has 1 aliphatic carbocycles. The van der Waals surface area contributed by atoms with Crippen molar-refractivity contribution in [2.45, 2.75) is 52.2 Å². The second-order valence-corrected chi connectivity index (χ2v) is 6.00. The predicted octanol–water partition coefficient (Wildman–Crippen LogP) is 2.83. The van der Waals surface area contributed by atoms with E-state index in [4.69, 9.17) is 16.3 Å². The second kappa shape index (κ2) is 6.36. The van der Waals surface area contributed by atoms with Gasteiger partial charge in [-0.3, -0.25) is 4.79 Å². The first-order chi connectivity index (χ1) is 10.00. The first kappa shape index (κ1) is 16.3. The number of hydrogen-bond donors (Lipinski definition) is 1. The van der Waals surface area contributed by atoms with Crippen LogP contribution in [0.25, 0.3) is 0 Å². The van der Waals surface area contributed by atoms with Crippen molar-refractivity contribution in [2.24, 2.45) is 12.5 Å². The van der Waals surface area contributed by atoms with Gasteiger partial charge in [0, 0.05) is 25.1 Å². The Morgan fingerprint density at radius 3 is 2.71 bits per heavy atom. The fraction of sp³-hybridized carbons (Fsp3) is 0.733. The van der Waals surface area contributed by atoms with Crippen LogP contribution in [-0.4, -0.2) is 28.5 Å². The van der Waals surface area contributed by atoms with Gasteiger partial charge in [-0.1, -0.05) is 25.4 Å². The summed E-state index contributed by atoms with van der Waals surface area (Å²) < 4.78 is 7.10. The largest absolute Gasteiger partial charge is 0.379 e. The monoisotopic (exact) mass is 313 g/mol. The Labute approximate surface area is 130 Å². The summed E-state index contributed by atoms with van der Waals surface area (Å²) in [7, 11) is 1.59. The molecule has 1 N–H and O–H groups in total. The van der Waals surface area contributed by atoms with Gasteiger partial charge < -0.3 is 10.1 Å². The number of rotatable bonds is 6. The van der Waals surface area contributed by atoms with Crippen molar-refractivity contribution in [1.29, 1.82) is 0 Å². The molecule has 0 aromatic carbocycles. The minimum atomic E-state index is -0.277. The molecule has 0 bridgehead atoms. The minimum Gasteiger partial charge on any atom is -0.379 e. The van der Waals surface area contributed by atoms with E-state index in [1.165, 1.54) is 4.68 Å². The van der Waals surface area contributed by atoms with Crippen LogP contribution in [0.2, 0.25) is 5.02 Å². The van der Waals surface area contributed by atoms with E-state index in [1.54, 1.807) is 13.2 Å². The maximum atomic E-state index is 11.8. The quantitative estimate of drug-likeness (QED) is 0.877. The van der Waals surface area contributed by atoms with Gasteiger partial charge in [-0.05, 0) is 26.2 Å². The number of halogens is 1. The van der Waals surface area contributed by atoms with Crippen molar-refractivity contribution in [3.05, 3.63) is 21.6 Å². The highest BCUT2D eigenvalue weighted by Crippen LogP contribution is 2.50. The summed E-state index contributed by atoms with van der Waals surface area (Å²) in [5.74, 6) is 0. The lowest BCUT2D eigenvalue weighted by Crippen LogP contribution is -2.61. The van der Waals surface area contributed by atoms with Crippen LogP contribution < -0.4 is 10.9 Å². The zero-order valence-corrected chi connectivity index (χ0v) is 13.9. The van der Waals surface area contributed by atoms with Crippen molar-refractivity contribution in [3.8, 4) is 0 Å². The number of nitrogens with zero attached hydrogens (tertiary/aromatic N) is 2. The Hall–Kier alpha value is -1.07. The van der Waals surface area contributed by atoms with Crippen molar-refractivity contribution < 1.29 is 4.74 Å². The van der Waals surface area contributed by atoms with Gasteiger partial charge in [0.25, 0.3) is 5.56 Å². The van der Waals surface area contributed by atoms with Crippen LogP contribution >= 0.6 is 11.6 Å². The third-order valence-electron chi connectivity index (χ3n) is 4.88. The molecule has 0 radical (unpaired) electrons. The molecule has 1 aromatic rings. The summed E-state index contributed by atoms with van der Waals surface area (Å²) in [6, 6.07) is 0.260. The van der Waals surface area contributed by atoms with Gasteiger partial charge in [-0.25, -0.2) is 4.68 Å². The molecule has 0 saturated heterocycles. The Balaban J connectivity index is 2.21. The molecule has 1 heterocycles. The maximum absolute atomic E-state index is 11.8. The first-order valence-electron chi connectivity index (χ1n) is 7.60. The van der Waals surface area contributed by atoms with E-state index in [1.807, 2.05) is 6.92 Å². The molecule has 1 fully saturated rings. The van der Waals surface area contributed by atoms with Crippen molar-refractivity contribution in [2.75, 3.05) is 11.9 Å². The highest BCUT2D eigenvalue weighted by Gasteiger charge is 2.53. The van der Waals surface area contributed by atoms with E-state index < -0.39 is 0 Å².